The molecule has 0 aliphatic heterocycles. The van der Waals surface area contributed by atoms with Gasteiger partial charge in [-0.15, -0.1) is 0 Å². The molecule has 5 nitrogen and oxygen atoms in total. The molecule has 1 amide bonds. The summed E-state index contributed by atoms with van der Waals surface area (Å²) in [6.45, 7) is 0.371. The van der Waals surface area contributed by atoms with E-state index in [2.05, 4.69) is 5.32 Å². The second-order valence-electron chi connectivity index (χ2n) is 4.09. The number of ether oxygens (including phenoxy) is 1. The predicted octanol–water partition coefficient (Wildman–Crippen LogP) is 2.00. The number of aryl methyl sites for hydroxylation is 1. The van der Waals surface area contributed by atoms with E-state index in [9.17, 15) is 4.79 Å². The normalized spacial score (nSPS) is 10.6. The van der Waals surface area contributed by atoms with Gasteiger partial charge in [0, 0.05) is 30.7 Å². The number of nitrogens with zero attached hydrogens (tertiary/aromatic N) is 1. The van der Waals surface area contributed by atoms with E-state index < -0.39 is 6.09 Å². The Balaban J connectivity index is 2.37. The molecule has 5 heteroatoms. The van der Waals surface area contributed by atoms with Crippen LogP contribution in [0.5, 0.6) is 5.75 Å². The summed E-state index contributed by atoms with van der Waals surface area (Å²) in [6.07, 6.45) is 1.58. The first kappa shape index (κ1) is 12.3. The summed E-state index contributed by atoms with van der Waals surface area (Å²) in [5, 5.41) is 12.1. The summed E-state index contributed by atoms with van der Waals surface area (Å²) in [6, 6.07) is 5.95. The van der Waals surface area contributed by atoms with Crippen molar-refractivity contribution in [2.45, 2.75) is 6.42 Å². The van der Waals surface area contributed by atoms with Crippen LogP contribution in [0.15, 0.2) is 24.4 Å². The molecule has 96 valence electrons. The number of rotatable bonds is 4. The van der Waals surface area contributed by atoms with Gasteiger partial charge in [0.15, 0.2) is 0 Å². The topological polar surface area (TPSA) is 63.5 Å². The second kappa shape index (κ2) is 5.00. The van der Waals surface area contributed by atoms with Crippen LogP contribution in [-0.4, -0.2) is 29.4 Å². The Bertz CT molecular complexity index is 575. The fourth-order valence-electron chi connectivity index (χ4n) is 2.18. The van der Waals surface area contributed by atoms with E-state index in [1.54, 1.807) is 7.11 Å². The molecule has 0 aliphatic carbocycles. The average molecular weight is 248 g/mol. The number of hydrogen-bond acceptors (Lipinski definition) is 2. The zero-order valence-electron chi connectivity index (χ0n) is 10.4. The molecule has 18 heavy (non-hydrogen) atoms. The molecule has 0 radical (unpaired) electrons. The molecule has 2 rings (SSSR count). The van der Waals surface area contributed by atoms with Gasteiger partial charge in [0.25, 0.3) is 0 Å². The predicted molar refractivity (Wildman–Crippen MR) is 69.2 cm³/mol. The number of nitrogens with one attached hydrogen (secondary N) is 1. The fraction of sp³-hybridized carbons (Fsp3) is 0.308. The Morgan fingerprint density at radius 3 is 2.89 bits per heavy atom. The monoisotopic (exact) mass is 248 g/mol. The summed E-state index contributed by atoms with van der Waals surface area (Å²) < 4.78 is 7.37. The minimum absolute atomic E-state index is 0.371. The van der Waals surface area contributed by atoms with Gasteiger partial charge in [-0.25, -0.2) is 4.79 Å². The smallest absolute Gasteiger partial charge is 0.404 e. The first-order chi connectivity index (χ1) is 8.63. The number of hydrogen-bond donors (Lipinski definition) is 2. The first-order valence-electron chi connectivity index (χ1n) is 5.71. The highest BCUT2D eigenvalue weighted by Gasteiger charge is 2.11. The SMILES string of the molecule is COc1ccc2ccn(C)c2c1CCNC(=O)O. The van der Waals surface area contributed by atoms with Crippen LogP contribution < -0.4 is 10.1 Å². The molecular formula is C13H16N2O3. The minimum Gasteiger partial charge on any atom is -0.496 e. The highest BCUT2D eigenvalue weighted by atomic mass is 16.5. The third-order valence-electron chi connectivity index (χ3n) is 2.97. The largest absolute Gasteiger partial charge is 0.496 e. The molecule has 0 fully saturated rings. The van der Waals surface area contributed by atoms with Crippen LogP contribution in [0.1, 0.15) is 5.56 Å². The van der Waals surface area contributed by atoms with Gasteiger partial charge in [-0.3, -0.25) is 0 Å². The average Bonchev–Trinajstić information content (AvgIpc) is 2.71. The lowest BCUT2D eigenvalue weighted by molar-refractivity contribution is 0.194. The molecule has 0 saturated heterocycles. The van der Waals surface area contributed by atoms with Crippen LogP contribution in [0.3, 0.4) is 0 Å². The second-order valence-corrected chi connectivity index (χ2v) is 4.09. The summed E-state index contributed by atoms with van der Waals surface area (Å²) in [5.41, 5.74) is 2.11. The zero-order chi connectivity index (χ0) is 13.1. The van der Waals surface area contributed by atoms with Crippen molar-refractivity contribution in [1.82, 2.24) is 9.88 Å². The lowest BCUT2D eigenvalue weighted by Gasteiger charge is -2.11. The highest BCUT2D eigenvalue weighted by Crippen LogP contribution is 2.28. The van der Waals surface area contributed by atoms with Gasteiger partial charge >= 0.3 is 6.09 Å². The molecule has 0 saturated carbocycles. The third-order valence-corrected chi connectivity index (χ3v) is 2.97. The molecule has 0 aliphatic rings. The molecule has 1 aromatic carbocycles. The van der Waals surface area contributed by atoms with E-state index in [-0.39, 0.29) is 0 Å². The molecule has 0 unspecified atom stereocenters. The molecule has 2 N–H and O–H groups in total. The number of methoxy groups -OCH3 is 1. The van der Waals surface area contributed by atoms with Crippen molar-refractivity contribution in [2.24, 2.45) is 7.05 Å². The van der Waals surface area contributed by atoms with Gasteiger partial charge in [0.05, 0.1) is 12.6 Å². The molecular weight excluding hydrogens is 232 g/mol. The van der Waals surface area contributed by atoms with Crippen LogP contribution in [-0.2, 0) is 13.5 Å². The molecule has 0 atom stereocenters. The maximum absolute atomic E-state index is 10.5. The third kappa shape index (κ3) is 2.25. The summed E-state index contributed by atoms with van der Waals surface area (Å²) in [7, 11) is 3.59. The van der Waals surface area contributed by atoms with Gasteiger partial charge < -0.3 is 19.7 Å². The zero-order valence-corrected chi connectivity index (χ0v) is 10.4. The van der Waals surface area contributed by atoms with E-state index in [0.29, 0.717) is 13.0 Å². The van der Waals surface area contributed by atoms with Crippen molar-refractivity contribution in [2.75, 3.05) is 13.7 Å². The standard InChI is InChI=1S/C13H16N2O3/c1-15-8-6-9-3-4-11(18-2)10(12(9)15)5-7-14-13(16)17/h3-4,6,8,14H,5,7H2,1-2H3,(H,16,17). The van der Waals surface area contributed by atoms with Crippen LogP contribution in [0.25, 0.3) is 10.9 Å². The summed E-state index contributed by atoms with van der Waals surface area (Å²) in [4.78, 5) is 10.5. The van der Waals surface area contributed by atoms with Gasteiger partial charge in [-0.1, -0.05) is 0 Å². The van der Waals surface area contributed by atoms with Crippen molar-refractivity contribution in [1.29, 1.82) is 0 Å². The number of benzene rings is 1. The van der Waals surface area contributed by atoms with E-state index in [1.165, 1.54) is 0 Å². The first-order valence-corrected chi connectivity index (χ1v) is 5.71. The number of carboxylic acid groups (broad SMARTS) is 1. The Hall–Kier alpha value is -2.17. The van der Waals surface area contributed by atoms with Crippen molar-refractivity contribution in [3.05, 3.63) is 30.0 Å². The maximum Gasteiger partial charge on any atom is 0.404 e. The van der Waals surface area contributed by atoms with Gasteiger partial charge in [0.1, 0.15) is 5.75 Å². The van der Waals surface area contributed by atoms with Crippen LogP contribution >= 0.6 is 0 Å². The molecule has 2 aromatic rings. The number of amides is 1. The Morgan fingerprint density at radius 2 is 2.22 bits per heavy atom. The van der Waals surface area contributed by atoms with Gasteiger partial charge in [-0.2, -0.15) is 0 Å². The quantitative estimate of drug-likeness (QED) is 0.869. The van der Waals surface area contributed by atoms with Crippen molar-refractivity contribution < 1.29 is 14.6 Å². The molecule has 0 bridgehead atoms. The maximum atomic E-state index is 10.5. The highest BCUT2D eigenvalue weighted by molar-refractivity contribution is 5.85. The molecule has 1 heterocycles. The van der Waals surface area contributed by atoms with Crippen molar-refractivity contribution >= 4 is 17.0 Å². The lowest BCUT2D eigenvalue weighted by Crippen LogP contribution is -2.23. The Labute approximate surface area is 105 Å². The summed E-state index contributed by atoms with van der Waals surface area (Å²) in [5.74, 6) is 0.788. The molecule has 0 spiro atoms. The number of fused-ring (bicyclic) bond motifs is 1. The van der Waals surface area contributed by atoms with Crippen molar-refractivity contribution in [3.63, 3.8) is 0 Å². The number of carbonyl (C=O) groups is 1. The van der Waals surface area contributed by atoms with Crippen LogP contribution in [0.2, 0.25) is 0 Å². The van der Waals surface area contributed by atoms with E-state index in [0.717, 1.165) is 22.2 Å². The lowest BCUT2D eigenvalue weighted by atomic mass is 10.1. The summed E-state index contributed by atoms with van der Waals surface area (Å²) >= 11 is 0. The van der Waals surface area contributed by atoms with E-state index in [1.807, 2.05) is 36.0 Å². The van der Waals surface area contributed by atoms with Crippen LogP contribution in [0.4, 0.5) is 4.79 Å². The van der Waals surface area contributed by atoms with Gasteiger partial charge in [0.2, 0.25) is 0 Å². The van der Waals surface area contributed by atoms with Crippen LogP contribution in [0, 0.1) is 0 Å². The van der Waals surface area contributed by atoms with Gasteiger partial charge in [-0.05, 0) is 24.6 Å². The van der Waals surface area contributed by atoms with E-state index >= 15 is 0 Å². The van der Waals surface area contributed by atoms with E-state index in [4.69, 9.17) is 9.84 Å². The Morgan fingerprint density at radius 1 is 1.44 bits per heavy atom. The number of aromatic nitrogens is 1. The van der Waals surface area contributed by atoms with Crippen molar-refractivity contribution in [3.8, 4) is 5.75 Å². The minimum atomic E-state index is -1.01. The fourth-order valence-corrected chi connectivity index (χ4v) is 2.18. The Kier molecular flexibility index (Phi) is 3.41. The molecule has 1 aromatic heterocycles.